The molecule has 0 atom stereocenters. The summed E-state index contributed by atoms with van der Waals surface area (Å²) in [4.78, 5) is 12.2. The van der Waals surface area contributed by atoms with Gasteiger partial charge in [0.25, 0.3) is 5.91 Å². The fraction of sp³-hybridized carbons (Fsp3) is 0.348. The molecule has 5 rings (SSSR count). The van der Waals surface area contributed by atoms with E-state index in [1.807, 2.05) is 31.4 Å². The molecule has 7 nitrogen and oxygen atoms in total. The maximum atomic E-state index is 12.2. The van der Waals surface area contributed by atoms with Crippen molar-refractivity contribution in [2.75, 3.05) is 13.2 Å². The summed E-state index contributed by atoms with van der Waals surface area (Å²) in [5.41, 5.74) is 11.0. The van der Waals surface area contributed by atoms with E-state index >= 15 is 0 Å². The SMILES string of the molecule is Cn1cc(-c2ccc(Cc3cc(C(N)=O)c(OCC4CC4)c4c3OCC4)cc2)nn1. The normalized spacial score (nSPS) is 15.0. The first kappa shape index (κ1) is 18.7. The van der Waals surface area contributed by atoms with E-state index in [1.165, 1.54) is 12.8 Å². The van der Waals surface area contributed by atoms with Gasteiger partial charge in [-0.3, -0.25) is 9.48 Å². The summed E-state index contributed by atoms with van der Waals surface area (Å²) in [5, 5.41) is 8.13. The molecule has 2 N–H and O–H groups in total. The monoisotopic (exact) mass is 404 g/mol. The van der Waals surface area contributed by atoms with Crippen LogP contribution in [-0.4, -0.2) is 34.1 Å². The smallest absolute Gasteiger partial charge is 0.252 e. The van der Waals surface area contributed by atoms with Crippen LogP contribution < -0.4 is 15.2 Å². The summed E-state index contributed by atoms with van der Waals surface area (Å²) in [6.07, 6.45) is 5.64. The van der Waals surface area contributed by atoms with E-state index in [1.54, 1.807) is 4.68 Å². The highest BCUT2D eigenvalue weighted by atomic mass is 16.5. The molecule has 0 radical (unpaired) electrons. The van der Waals surface area contributed by atoms with Crippen LogP contribution in [0.4, 0.5) is 0 Å². The van der Waals surface area contributed by atoms with Gasteiger partial charge in [0.1, 0.15) is 17.2 Å². The van der Waals surface area contributed by atoms with E-state index in [-0.39, 0.29) is 0 Å². The lowest BCUT2D eigenvalue weighted by Crippen LogP contribution is -2.15. The van der Waals surface area contributed by atoms with Crippen LogP contribution in [0.2, 0.25) is 0 Å². The Hall–Kier alpha value is -3.35. The summed E-state index contributed by atoms with van der Waals surface area (Å²) in [7, 11) is 1.85. The maximum absolute atomic E-state index is 12.2. The zero-order valence-electron chi connectivity index (χ0n) is 16.9. The number of aromatic nitrogens is 3. The number of nitrogens with zero attached hydrogens (tertiary/aromatic N) is 3. The quantitative estimate of drug-likeness (QED) is 0.654. The number of carbonyl (C=O) groups excluding carboxylic acids is 1. The van der Waals surface area contributed by atoms with Crippen molar-refractivity contribution in [2.45, 2.75) is 25.7 Å². The van der Waals surface area contributed by atoms with Crippen LogP contribution in [0, 0.1) is 5.92 Å². The van der Waals surface area contributed by atoms with Gasteiger partial charge in [-0.2, -0.15) is 0 Å². The zero-order chi connectivity index (χ0) is 20.7. The molecule has 30 heavy (non-hydrogen) atoms. The fourth-order valence-electron chi connectivity index (χ4n) is 3.88. The molecule has 0 spiro atoms. The Kier molecular flexibility index (Phi) is 4.65. The Bertz CT molecular complexity index is 1100. The van der Waals surface area contributed by atoms with Gasteiger partial charge in [0.2, 0.25) is 0 Å². The Morgan fingerprint density at radius 1 is 1.30 bits per heavy atom. The second kappa shape index (κ2) is 7.48. The van der Waals surface area contributed by atoms with Gasteiger partial charge in [-0.1, -0.05) is 29.5 Å². The van der Waals surface area contributed by atoms with E-state index in [9.17, 15) is 4.79 Å². The highest BCUT2D eigenvalue weighted by molar-refractivity contribution is 5.97. The predicted octanol–water partition coefficient (Wildman–Crippen LogP) is 2.90. The van der Waals surface area contributed by atoms with Gasteiger partial charge >= 0.3 is 0 Å². The maximum Gasteiger partial charge on any atom is 0.252 e. The van der Waals surface area contributed by atoms with E-state index in [0.29, 0.717) is 36.9 Å². The molecule has 1 saturated carbocycles. The number of amides is 1. The first-order valence-electron chi connectivity index (χ1n) is 10.3. The Morgan fingerprint density at radius 2 is 2.10 bits per heavy atom. The van der Waals surface area contributed by atoms with Gasteiger partial charge < -0.3 is 15.2 Å². The van der Waals surface area contributed by atoms with E-state index < -0.39 is 5.91 Å². The number of rotatable bonds is 7. The third-order valence-electron chi connectivity index (χ3n) is 5.67. The molecular weight excluding hydrogens is 380 g/mol. The number of nitrogens with two attached hydrogens (primary N) is 1. The lowest BCUT2D eigenvalue weighted by atomic mass is 9.96. The minimum atomic E-state index is -0.463. The number of fused-ring (bicyclic) bond motifs is 1. The minimum absolute atomic E-state index is 0.450. The number of carbonyl (C=O) groups is 1. The molecule has 154 valence electrons. The molecule has 1 aliphatic heterocycles. The molecule has 0 bridgehead atoms. The highest BCUT2D eigenvalue weighted by Gasteiger charge is 2.29. The first-order chi connectivity index (χ1) is 14.6. The van der Waals surface area contributed by atoms with Crippen LogP contribution in [0.1, 0.15) is 39.9 Å². The lowest BCUT2D eigenvalue weighted by molar-refractivity contribution is 0.0995. The summed E-state index contributed by atoms with van der Waals surface area (Å²) < 4.78 is 13.7. The van der Waals surface area contributed by atoms with Crippen molar-refractivity contribution in [3.63, 3.8) is 0 Å². The number of aryl methyl sites for hydroxylation is 1. The van der Waals surface area contributed by atoms with Crippen LogP contribution in [0.5, 0.6) is 11.5 Å². The Morgan fingerprint density at radius 3 is 2.77 bits per heavy atom. The molecule has 0 saturated heterocycles. The standard InChI is InChI=1S/C23H24N4O3/c1-27-12-20(25-26-27)16-6-4-14(5-7-16)10-17-11-19(23(24)28)22(30-13-15-2-3-15)18-8-9-29-21(17)18/h4-7,11-12,15H,2-3,8-10,13H2,1H3,(H2,24,28). The Balaban J connectivity index is 1.44. The van der Waals surface area contributed by atoms with Crippen LogP contribution >= 0.6 is 0 Å². The van der Waals surface area contributed by atoms with Crippen molar-refractivity contribution in [2.24, 2.45) is 18.7 Å². The van der Waals surface area contributed by atoms with Gasteiger partial charge in [0.05, 0.1) is 25.0 Å². The van der Waals surface area contributed by atoms with Crippen molar-refractivity contribution in [3.8, 4) is 22.8 Å². The molecule has 1 amide bonds. The zero-order valence-corrected chi connectivity index (χ0v) is 16.9. The van der Waals surface area contributed by atoms with E-state index in [2.05, 4.69) is 22.4 Å². The fourth-order valence-corrected chi connectivity index (χ4v) is 3.88. The van der Waals surface area contributed by atoms with E-state index in [0.717, 1.165) is 40.1 Å². The lowest BCUT2D eigenvalue weighted by Gasteiger charge is -2.16. The molecule has 7 heteroatoms. The van der Waals surface area contributed by atoms with Crippen LogP contribution in [0.3, 0.4) is 0 Å². The number of hydrogen-bond donors (Lipinski definition) is 1. The van der Waals surface area contributed by atoms with Gasteiger partial charge in [-0.05, 0) is 36.0 Å². The number of hydrogen-bond acceptors (Lipinski definition) is 5. The summed E-state index contributed by atoms with van der Waals surface area (Å²) >= 11 is 0. The first-order valence-corrected chi connectivity index (χ1v) is 10.3. The summed E-state index contributed by atoms with van der Waals surface area (Å²) in [6.45, 7) is 1.23. The second-order valence-corrected chi connectivity index (χ2v) is 8.09. The van der Waals surface area contributed by atoms with Crippen LogP contribution in [-0.2, 0) is 19.9 Å². The average Bonchev–Trinajstić information content (AvgIpc) is 3.24. The molecule has 1 fully saturated rings. The molecule has 2 aromatic carbocycles. The number of benzene rings is 2. The van der Waals surface area contributed by atoms with Gasteiger partial charge in [-0.15, -0.1) is 5.10 Å². The van der Waals surface area contributed by atoms with Gasteiger partial charge in [0.15, 0.2) is 0 Å². The van der Waals surface area contributed by atoms with Crippen molar-refractivity contribution in [3.05, 3.63) is 58.8 Å². The Labute approximate surface area is 174 Å². The van der Waals surface area contributed by atoms with Crippen molar-refractivity contribution < 1.29 is 14.3 Å². The number of ether oxygens (including phenoxy) is 2. The second-order valence-electron chi connectivity index (χ2n) is 8.09. The molecular formula is C23H24N4O3. The molecule has 1 aromatic heterocycles. The van der Waals surface area contributed by atoms with Crippen LogP contribution in [0.25, 0.3) is 11.3 Å². The van der Waals surface area contributed by atoms with Gasteiger partial charge in [-0.25, -0.2) is 0 Å². The molecule has 2 aliphatic rings. The van der Waals surface area contributed by atoms with Crippen molar-refractivity contribution in [1.82, 2.24) is 15.0 Å². The van der Waals surface area contributed by atoms with E-state index in [4.69, 9.17) is 15.2 Å². The predicted molar refractivity (Wildman–Crippen MR) is 112 cm³/mol. The van der Waals surface area contributed by atoms with Crippen LogP contribution in [0.15, 0.2) is 36.5 Å². The molecule has 2 heterocycles. The highest BCUT2D eigenvalue weighted by Crippen LogP contribution is 2.41. The molecule has 3 aromatic rings. The minimum Gasteiger partial charge on any atom is -0.493 e. The van der Waals surface area contributed by atoms with Crippen molar-refractivity contribution >= 4 is 5.91 Å². The van der Waals surface area contributed by atoms with Crippen molar-refractivity contribution in [1.29, 1.82) is 0 Å². The third-order valence-corrected chi connectivity index (χ3v) is 5.67. The third kappa shape index (κ3) is 3.63. The average molecular weight is 404 g/mol. The van der Waals surface area contributed by atoms with Gasteiger partial charge in [0, 0.05) is 31.0 Å². The topological polar surface area (TPSA) is 92.3 Å². The summed E-state index contributed by atoms with van der Waals surface area (Å²) in [5.74, 6) is 1.58. The molecule has 1 aliphatic carbocycles. The summed E-state index contributed by atoms with van der Waals surface area (Å²) in [6, 6.07) is 10.0. The molecule has 0 unspecified atom stereocenters. The number of primary amides is 1. The largest absolute Gasteiger partial charge is 0.493 e.